The third-order valence-corrected chi connectivity index (χ3v) is 3.64. The van der Waals surface area contributed by atoms with Crippen molar-refractivity contribution in [3.63, 3.8) is 0 Å². The van der Waals surface area contributed by atoms with E-state index in [1.165, 1.54) is 0 Å². The van der Waals surface area contributed by atoms with Crippen LogP contribution >= 0.6 is 0 Å². The van der Waals surface area contributed by atoms with Crippen LogP contribution in [0.4, 0.5) is 0 Å². The molecule has 22 heavy (non-hydrogen) atoms. The molecular weight excluding hydrogens is 278 g/mol. The summed E-state index contributed by atoms with van der Waals surface area (Å²) in [5, 5.41) is 3.94. The summed E-state index contributed by atoms with van der Waals surface area (Å²) >= 11 is 0. The number of para-hydroxylation sites is 1. The van der Waals surface area contributed by atoms with Crippen molar-refractivity contribution in [1.29, 1.82) is 0 Å². The Labute approximate surface area is 129 Å². The van der Waals surface area contributed by atoms with Gasteiger partial charge < -0.3 is 15.3 Å². The number of ether oxygens (including phenoxy) is 1. The van der Waals surface area contributed by atoms with Gasteiger partial charge in [0.2, 0.25) is 0 Å². The summed E-state index contributed by atoms with van der Waals surface area (Å²) in [7, 11) is 0. The molecule has 0 spiro atoms. The Balaban J connectivity index is 1.74. The maximum absolute atomic E-state index is 5.96. The maximum Gasteiger partial charge on any atom is 0.166 e. The predicted octanol–water partition coefficient (Wildman–Crippen LogP) is 2.54. The first-order chi connectivity index (χ1) is 10.8. The molecule has 5 nitrogen and oxygen atoms in total. The van der Waals surface area contributed by atoms with Gasteiger partial charge in [0, 0.05) is 36.0 Å². The van der Waals surface area contributed by atoms with Crippen LogP contribution in [0.5, 0.6) is 5.75 Å². The molecule has 1 aliphatic heterocycles. The zero-order valence-electron chi connectivity index (χ0n) is 12.5. The average molecular weight is 297 g/mol. The molecule has 1 unspecified atom stereocenters. The van der Waals surface area contributed by atoms with E-state index in [2.05, 4.69) is 10.1 Å². The molecule has 0 aliphatic carbocycles. The standard InChI is InChI=1S/C17H19N3O2/c1-12-15(6-4-8-19-12)16-5-2-3-7-17(16)21-11-14-9-13(10-18)20-22-14/h2-8,14H,9-11,18H2,1H3. The number of benzene rings is 1. The van der Waals surface area contributed by atoms with Crippen molar-refractivity contribution in [2.75, 3.05) is 13.2 Å². The number of hydrogen-bond donors (Lipinski definition) is 1. The first-order valence-corrected chi connectivity index (χ1v) is 7.33. The minimum absolute atomic E-state index is 0.0680. The lowest BCUT2D eigenvalue weighted by molar-refractivity contribution is 0.0472. The maximum atomic E-state index is 5.96. The van der Waals surface area contributed by atoms with Crippen molar-refractivity contribution in [1.82, 2.24) is 4.98 Å². The molecule has 1 aromatic carbocycles. The highest BCUT2D eigenvalue weighted by Crippen LogP contribution is 2.31. The van der Waals surface area contributed by atoms with E-state index in [0.29, 0.717) is 13.2 Å². The summed E-state index contributed by atoms with van der Waals surface area (Å²) in [6.45, 7) is 2.87. The Morgan fingerprint density at radius 1 is 1.23 bits per heavy atom. The van der Waals surface area contributed by atoms with Gasteiger partial charge in [0.05, 0.1) is 5.71 Å². The summed E-state index contributed by atoms with van der Waals surface area (Å²) in [6, 6.07) is 11.9. The molecule has 0 amide bonds. The topological polar surface area (TPSA) is 69.7 Å². The highest BCUT2D eigenvalue weighted by Gasteiger charge is 2.21. The number of nitrogens with zero attached hydrogens (tertiary/aromatic N) is 2. The molecule has 1 atom stereocenters. The fraction of sp³-hybridized carbons (Fsp3) is 0.294. The monoisotopic (exact) mass is 297 g/mol. The van der Waals surface area contributed by atoms with Gasteiger partial charge in [-0.3, -0.25) is 4.98 Å². The third kappa shape index (κ3) is 3.09. The quantitative estimate of drug-likeness (QED) is 0.920. The third-order valence-electron chi connectivity index (χ3n) is 3.64. The van der Waals surface area contributed by atoms with Crippen LogP contribution in [0.1, 0.15) is 12.1 Å². The number of hydrogen-bond acceptors (Lipinski definition) is 5. The molecule has 0 saturated carbocycles. The van der Waals surface area contributed by atoms with Crippen molar-refractivity contribution in [2.45, 2.75) is 19.4 Å². The Morgan fingerprint density at radius 3 is 2.82 bits per heavy atom. The summed E-state index contributed by atoms with van der Waals surface area (Å²) in [5.74, 6) is 0.823. The summed E-state index contributed by atoms with van der Waals surface area (Å²) < 4.78 is 5.96. The van der Waals surface area contributed by atoms with Crippen LogP contribution in [-0.4, -0.2) is 30.0 Å². The number of aromatic nitrogens is 1. The average Bonchev–Trinajstić information content (AvgIpc) is 3.02. The molecule has 1 aromatic heterocycles. The second kappa shape index (κ2) is 6.58. The first kappa shape index (κ1) is 14.5. The minimum atomic E-state index is -0.0680. The summed E-state index contributed by atoms with van der Waals surface area (Å²) in [5.41, 5.74) is 9.52. The number of oxime groups is 1. The van der Waals surface area contributed by atoms with Crippen molar-refractivity contribution >= 4 is 5.71 Å². The lowest BCUT2D eigenvalue weighted by Gasteiger charge is -2.15. The molecule has 5 heteroatoms. The highest BCUT2D eigenvalue weighted by molar-refractivity contribution is 5.87. The van der Waals surface area contributed by atoms with Crippen LogP contribution in [0.15, 0.2) is 47.8 Å². The molecule has 0 fully saturated rings. The van der Waals surface area contributed by atoms with Crippen LogP contribution < -0.4 is 10.5 Å². The smallest absolute Gasteiger partial charge is 0.166 e. The van der Waals surface area contributed by atoms with Crippen molar-refractivity contribution < 1.29 is 9.57 Å². The predicted molar refractivity (Wildman–Crippen MR) is 85.9 cm³/mol. The van der Waals surface area contributed by atoms with E-state index in [-0.39, 0.29) is 6.10 Å². The van der Waals surface area contributed by atoms with E-state index in [1.54, 1.807) is 6.20 Å². The summed E-state index contributed by atoms with van der Waals surface area (Å²) in [4.78, 5) is 9.66. The van der Waals surface area contributed by atoms with Crippen LogP contribution in [0.25, 0.3) is 11.1 Å². The lowest BCUT2D eigenvalue weighted by atomic mass is 10.0. The molecule has 2 heterocycles. The SMILES string of the molecule is Cc1ncccc1-c1ccccc1OCC1CC(CN)=NO1. The normalized spacial score (nSPS) is 17.0. The van der Waals surface area contributed by atoms with Gasteiger partial charge in [-0.25, -0.2) is 0 Å². The van der Waals surface area contributed by atoms with Gasteiger partial charge in [0.15, 0.2) is 6.10 Å². The molecule has 1 aliphatic rings. The van der Waals surface area contributed by atoms with Gasteiger partial charge in [-0.15, -0.1) is 0 Å². The molecule has 114 valence electrons. The van der Waals surface area contributed by atoms with Gasteiger partial charge in [0.1, 0.15) is 12.4 Å². The van der Waals surface area contributed by atoms with Gasteiger partial charge >= 0.3 is 0 Å². The van der Waals surface area contributed by atoms with Crippen LogP contribution in [0, 0.1) is 6.92 Å². The Morgan fingerprint density at radius 2 is 2.05 bits per heavy atom. The number of aryl methyl sites for hydroxylation is 1. The lowest BCUT2D eigenvalue weighted by Crippen LogP contribution is -2.20. The molecule has 0 bridgehead atoms. The Bertz CT molecular complexity index is 685. The van der Waals surface area contributed by atoms with Gasteiger partial charge in [-0.2, -0.15) is 0 Å². The Hall–Kier alpha value is -2.40. The second-order valence-corrected chi connectivity index (χ2v) is 5.24. The zero-order valence-corrected chi connectivity index (χ0v) is 12.5. The van der Waals surface area contributed by atoms with Crippen LogP contribution in [-0.2, 0) is 4.84 Å². The van der Waals surface area contributed by atoms with E-state index < -0.39 is 0 Å². The number of pyridine rings is 1. The van der Waals surface area contributed by atoms with E-state index in [4.69, 9.17) is 15.3 Å². The zero-order chi connectivity index (χ0) is 15.4. The molecule has 0 saturated heterocycles. The highest BCUT2D eigenvalue weighted by atomic mass is 16.7. The molecule has 2 N–H and O–H groups in total. The van der Waals surface area contributed by atoms with E-state index in [9.17, 15) is 0 Å². The fourth-order valence-electron chi connectivity index (χ4n) is 2.46. The summed E-state index contributed by atoms with van der Waals surface area (Å²) in [6.07, 6.45) is 2.45. The van der Waals surface area contributed by atoms with E-state index in [0.717, 1.165) is 34.7 Å². The first-order valence-electron chi connectivity index (χ1n) is 7.33. The number of rotatable bonds is 5. The van der Waals surface area contributed by atoms with Crippen LogP contribution in [0.3, 0.4) is 0 Å². The Kier molecular flexibility index (Phi) is 4.34. The van der Waals surface area contributed by atoms with E-state index in [1.807, 2.05) is 43.3 Å². The number of nitrogens with two attached hydrogens (primary N) is 1. The largest absolute Gasteiger partial charge is 0.489 e. The van der Waals surface area contributed by atoms with Gasteiger partial charge in [-0.05, 0) is 19.1 Å². The molecular formula is C17H19N3O2. The molecule has 3 rings (SSSR count). The molecule has 2 aromatic rings. The minimum Gasteiger partial charge on any atom is -0.489 e. The second-order valence-electron chi connectivity index (χ2n) is 5.24. The van der Waals surface area contributed by atoms with Crippen molar-refractivity contribution in [2.24, 2.45) is 10.9 Å². The van der Waals surface area contributed by atoms with E-state index >= 15 is 0 Å². The van der Waals surface area contributed by atoms with Crippen LogP contribution in [0.2, 0.25) is 0 Å². The fourth-order valence-corrected chi connectivity index (χ4v) is 2.46. The van der Waals surface area contributed by atoms with Crippen molar-refractivity contribution in [3.05, 3.63) is 48.3 Å². The van der Waals surface area contributed by atoms with Gasteiger partial charge in [0.25, 0.3) is 0 Å². The molecule has 0 radical (unpaired) electrons. The van der Waals surface area contributed by atoms with Crippen molar-refractivity contribution in [3.8, 4) is 16.9 Å². The van der Waals surface area contributed by atoms with Gasteiger partial charge in [-0.1, -0.05) is 29.4 Å².